The molecule has 1 rings (SSSR count). The van der Waals surface area contributed by atoms with Gasteiger partial charge in [0, 0.05) is 11.6 Å². The fraction of sp³-hybridized carbons (Fsp3) is 0.417. The van der Waals surface area contributed by atoms with Crippen molar-refractivity contribution in [2.45, 2.75) is 26.4 Å². The zero-order chi connectivity index (χ0) is 12.8. The first-order chi connectivity index (χ1) is 8.02. The van der Waals surface area contributed by atoms with E-state index >= 15 is 0 Å². The predicted molar refractivity (Wildman–Crippen MR) is 68.1 cm³/mol. The minimum Gasteiger partial charge on any atom is -0.394 e. The molecule has 5 heteroatoms. The van der Waals surface area contributed by atoms with Crippen LogP contribution < -0.4 is 10.6 Å². The lowest BCUT2D eigenvalue weighted by Gasteiger charge is -2.12. The van der Waals surface area contributed by atoms with E-state index in [1.165, 1.54) is 0 Å². The molecule has 0 saturated carbocycles. The molecule has 0 aliphatic heterocycles. The number of hydrogen-bond donors (Lipinski definition) is 3. The van der Waals surface area contributed by atoms with E-state index < -0.39 is 0 Å². The van der Waals surface area contributed by atoms with E-state index in [4.69, 9.17) is 16.7 Å². The Bertz CT molecular complexity index is 396. The summed E-state index contributed by atoms with van der Waals surface area (Å²) in [6, 6.07) is 5.06. The number of aliphatic hydroxyl groups is 1. The number of hydrogen-bond acceptors (Lipinski definition) is 2. The largest absolute Gasteiger partial charge is 0.394 e. The van der Waals surface area contributed by atoms with Crippen molar-refractivity contribution in [3.05, 3.63) is 34.3 Å². The van der Waals surface area contributed by atoms with Gasteiger partial charge in [-0.1, -0.05) is 23.7 Å². The van der Waals surface area contributed by atoms with Crippen molar-refractivity contribution in [2.75, 3.05) is 6.61 Å². The highest BCUT2D eigenvalue weighted by molar-refractivity contribution is 6.31. The van der Waals surface area contributed by atoms with Crippen molar-refractivity contribution in [2.24, 2.45) is 0 Å². The number of halogens is 1. The van der Waals surface area contributed by atoms with Gasteiger partial charge < -0.3 is 15.7 Å². The van der Waals surface area contributed by atoms with Crippen molar-refractivity contribution in [3.8, 4) is 0 Å². The van der Waals surface area contributed by atoms with Gasteiger partial charge in [-0.15, -0.1) is 0 Å². The van der Waals surface area contributed by atoms with Gasteiger partial charge in [-0.25, -0.2) is 4.79 Å². The van der Waals surface area contributed by atoms with Crippen LogP contribution in [0.15, 0.2) is 18.2 Å². The summed E-state index contributed by atoms with van der Waals surface area (Å²) in [6.07, 6.45) is 0. The molecular weight excluding hydrogens is 240 g/mol. The molecule has 0 unspecified atom stereocenters. The second-order valence-electron chi connectivity index (χ2n) is 3.99. The van der Waals surface area contributed by atoms with E-state index in [-0.39, 0.29) is 18.7 Å². The number of urea groups is 1. The summed E-state index contributed by atoms with van der Waals surface area (Å²) >= 11 is 5.90. The molecule has 0 aliphatic carbocycles. The van der Waals surface area contributed by atoms with Crippen molar-refractivity contribution < 1.29 is 9.90 Å². The molecule has 1 aromatic carbocycles. The first-order valence-corrected chi connectivity index (χ1v) is 5.81. The Morgan fingerprint density at radius 1 is 1.53 bits per heavy atom. The van der Waals surface area contributed by atoms with E-state index in [1.54, 1.807) is 6.92 Å². The molecule has 0 spiro atoms. The summed E-state index contributed by atoms with van der Waals surface area (Å²) in [7, 11) is 0. The van der Waals surface area contributed by atoms with Gasteiger partial charge in [0.2, 0.25) is 0 Å². The molecule has 3 N–H and O–H groups in total. The highest BCUT2D eigenvalue weighted by atomic mass is 35.5. The number of carbonyl (C=O) groups excluding carboxylic acids is 1. The molecule has 0 bridgehead atoms. The van der Waals surface area contributed by atoms with Crippen LogP contribution in [0, 0.1) is 6.92 Å². The monoisotopic (exact) mass is 256 g/mol. The van der Waals surface area contributed by atoms with Gasteiger partial charge in [-0.2, -0.15) is 0 Å². The summed E-state index contributed by atoms with van der Waals surface area (Å²) in [4.78, 5) is 11.4. The lowest BCUT2D eigenvalue weighted by Crippen LogP contribution is -2.41. The lowest BCUT2D eigenvalue weighted by molar-refractivity contribution is 0.220. The van der Waals surface area contributed by atoms with Gasteiger partial charge in [0.15, 0.2) is 0 Å². The first-order valence-electron chi connectivity index (χ1n) is 5.43. The van der Waals surface area contributed by atoms with Crippen LogP contribution in [-0.2, 0) is 6.54 Å². The normalized spacial score (nSPS) is 12.0. The SMILES string of the molecule is Cc1cc(CNC(=O)N[C@@H](C)CO)ccc1Cl. The molecule has 94 valence electrons. The van der Waals surface area contributed by atoms with Crippen molar-refractivity contribution in [3.63, 3.8) is 0 Å². The number of rotatable bonds is 4. The highest BCUT2D eigenvalue weighted by Crippen LogP contribution is 2.15. The van der Waals surface area contributed by atoms with E-state index in [2.05, 4.69) is 10.6 Å². The van der Waals surface area contributed by atoms with Crippen molar-refractivity contribution in [1.82, 2.24) is 10.6 Å². The van der Waals surface area contributed by atoms with E-state index in [1.807, 2.05) is 25.1 Å². The van der Waals surface area contributed by atoms with Gasteiger partial charge >= 0.3 is 6.03 Å². The number of carbonyl (C=O) groups is 1. The third-order valence-electron chi connectivity index (χ3n) is 2.33. The van der Waals surface area contributed by atoms with Crippen molar-refractivity contribution in [1.29, 1.82) is 0 Å². The molecular formula is C12H17ClN2O2. The molecule has 0 fully saturated rings. The van der Waals surface area contributed by atoms with Crippen LogP contribution in [-0.4, -0.2) is 23.8 Å². The molecule has 0 aromatic heterocycles. The maximum absolute atomic E-state index is 11.4. The minimum absolute atomic E-state index is 0.0759. The predicted octanol–water partition coefficient (Wildman–Crippen LogP) is 1.83. The summed E-state index contributed by atoms with van der Waals surface area (Å²) in [5, 5.41) is 14.8. The Morgan fingerprint density at radius 3 is 2.82 bits per heavy atom. The summed E-state index contributed by atoms with van der Waals surface area (Å²) in [5.74, 6) is 0. The zero-order valence-electron chi connectivity index (χ0n) is 9.96. The minimum atomic E-state index is -0.292. The Kier molecular flexibility index (Phi) is 5.25. The number of nitrogens with one attached hydrogen (secondary N) is 2. The fourth-order valence-corrected chi connectivity index (χ4v) is 1.44. The number of benzene rings is 1. The summed E-state index contributed by atoms with van der Waals surface area (Å²) < 4.78 is 0. The van der Waals surface area contributed by atoms with Crippen molar-refractivity contribution >= 4 is 17.6 Å². The quantitative estimate of drug-likeness (QED) is 0.770. The molecule has 0 aliphatic rings. The maximum Gasteiger partial charge on any atom is 0.315 e. The smallest absolute Gasteiger partial charge is 0.315 e. The van der Waals surface area contributed by atoms with Crippen LogP contribution in [0.3, 0.4) is 0 Å². The van der Waals surface area contributed by atoms with Gasteiger partial charge in [0.25, 0.3) is 0 Å². The van der Waals surface area contributed by atoms with Crippen LogP contribution in [0.25, 0.3) is 0 Å². The van der Waals surface area contributed by atoms with Crippen LogP contribution in [0.1, 0.15) is 18.1 Å². The van der Waals surface area contributed by atoms with Gasteiger partial charge in [0.1, 0.15) is 0 Å². The maximum atomic E-state index is 11.4. The fourth-order valence-electron chi connectivity index (χ4n) is 1.32. The van der Waals surface area contributed by atoms with E-state index in [0.717, 1.165) is 11.1 Å². The van der Waals surface area contributed by atoms with Crippen LogP contribution in [0.2, 0.25) is 5.02 Å². The Hall–Kier alpha value is -1.26. The summed E-state index contributed by atoms with van der Waals surface area (Å²) in [5.41, 5.74) is 1.97. The molecule has 0 radical (unpaired) electrons. The second kappa shape index (κ2) is 6.47. The van der Waals surface area contributed by atoms with E-state index in [0.29, 0.717) is 11.6 Å². The molecule has 2 amide bonds. The van der Waals surface area contributed by atoms with E-state index in [9.17, 15) is 4.79 Å². The molecule has 1 aromatic rings. The van der Waals surface area contributed by atoms with Gasteiger partial charge in [-0.3, -0.25) is 0 Å². The Morgan fingerprint density at radius 2 is 2.24 bits per heavy atom. The topological polar surface area (TPSA) is 61.4 Å². The van der Waals surface area contributed by atoms with Crippen LogP contribution in [0.5, 0.6) is 0 Å². The third-order valence-corrected chi connectivity index (χ3v) is 2.75. The van der Waals surface area contributed by atoms with Crippen LogP contribution in [0.4, 0.5) is 4.79 Å². The van der Waals surface area contributed by atoms with Crippen LogP contribution >= 0.6 is 11.6 Å². The standard InChI is InChI=1S/C12H17ClN2O2/c1-8-5-10(3-4-11(8)13)6-14-12(17)15-9(2)7-16/h3-5,9,16H,6-7H2,1-2H3,(H2,14,15,17)/t9-/m0/s1. The lowest BCUT2D eigenvalue weighted by atomic mass is 10.1. The molecule has 1 atom stereocenters. The molecule has 0 heterocycles. The average molecular weight is 257 g/mol. The van der Waals surface area contributed by atoms with Gasteiger partial charge in [-0.05, 0) is 31.0 Å². The first kappa shape index (κ1) is 13.8. The Labute approximate surface area is 106 Å². The average Bonchev–Trinajstić information content (AvgIpc) is 2.30. The molecule has 17 heavy (non-hydrogen) atoms. The number of aliphatic hydroxyl groups excluding tert-OH is 1. The highest BCUT2D eigenvalue weighted by Gasteiger charge is 2.05. The second-order valence-corrected chi connectivity index (χ2v) is 4.40. The zero-order valence-corrected chi connectivity index (χ0v) is 10.7. The molecule has 4 nitrogen and oxygen atoms in total. The summed E-state index contributed by atoms with van der Waals surface area (Å²) in [6.45, 7) is 4.00. The number of aryl methyl sites for hydroxylation is 1. The Balaban J connectivity index is 2.45. The molecule has 0 saturated heterocycles. The number of amides is 2. The van der Waals surface area contributed by atoms with Gasteiger partial charge in [0.05, 0.1) is 12.6 Å². The third kappa shape index (κ3) is 4.63.